The van der Waals surface area contributed by atoms with Crippen LogP contribution in [0.15, 0.2) is 23.1 Å². The second kappa shape index (κ2) is 8.89. The zero-order valence-corrected chi connectivity index (χ0v) is 19.7. The summed E-state index contributed by atoms with van der Waals surface area (Å²) in [6.07, 6.45) is 6.18. The molecular weight excluding hydrogens is 400 g/mol. The molecular formula is C24H36O5S. The minimum Gasteiger partial charge on any atom is -0.497 e. The van der Waals surface area contributed by atoms with Gasteiger partial charge < -0.3 is 14.6 Å². The van der Waals surface area contributed by atoms with Gasteiger partial charge in [0.05, 0.1) is 17.9 Å². The highest BCUT2D eigenvalue weighted by Gasteiger charge is 2.53. The van der Waals surface area contributed by atoms with Crippen molar-refractivity contribution in [1.82, 2.24) is 0 Å². The van der Waals surface area contributed by atoms with Gasteiger partial charge in [-0.3, -0.25) is 4.21 Å². The topological polar surface area (TPSA) is 72.8 Å². The number of aliphatic carboxylic acids is 1. The van der Waals surface area contributed by atoms with Crippen molar-refractivity contribution in [2.75, 3.05) is 19.5 Å². The summed E-state index contributed by atoms with van der Waals surface area (Å²) >= 11 is 0. The predicted molar refractivity (Wildman–Crippen MR) is 119 cm³/mol. The Morgan fingerprint density at radius 2 is 1.87 bits per heavy atom. The molecule has 30 heavy (non-hydrogen) atoms. The first-order chi connectivity index (χ1) is 14.1. The van der Waals surface area contributed by atoms with Crippen molar-refractivity contribution in [2.24, 2.45) is 28.6 Å². The van der Waals surface area contributed by atoms with Gasteiger partial charge in [-0.1, -0.05) is 40.5 Å². The maximum atomic E-state index is 13.5. The summed E-state index contributed by atoms with van der Waals surface area (Å²) in [7, 11) is 0.332. The van der Waals surface area contributed by atoms with Gasteiger partial charge in [0.2, 0.25) is 0 Å². The molecule has 2 fully saturated rings. The van der Waals surface area contributed by atoms with E-state index in [2.05, 4.69) is 27.7 Å². The van der Waals surface area contributed by atoms with Crippen LogP contribution in [-0.2, 0) is 15.6 Å². The van der Waals surface area contributed by atoms with Gasteiger partial charge >= 0.3 is 5.97 Å². The van der Waals surface area contributed by atoms with Gasteiger partial charge in [0, 0.05) is 16.7 Å². The van der Waals surface area contributed by atoms with Crippen molar-refractivity contribution < 1.29 is 23.6 Å². The predicted octanol–water partition coefficient (Wildman–Crippen LogP) is 5.14. The van der Waals surface area contributed by atoms with Crippen LogP contribution in [0.5, 0.6) is 11.5 Å². The zero-order valence-electron chi connectivity index (χ0n) is 18.9. The number of carboxylic acids is 1. The molecule has 5 unspecified atom stereocenters. The maximum absolute atomic E-state index is 13.5. The lowest BCUT2D eigenvalue weighted by atomic mass is 9.47. The van der Waals surface area contributed by atoms with E-state index < -0.39 is 23.4 Å². The summed E-state index contributed by atoms with van der Waals surface area (Å²) in [5.74, 6) is 2.08. The first-order valence-electron chi connectivity index (χ1n) is 11.0. The number of rotatable bonds is 7. The maximum Gasteiger partial charge on any atom is 0.341 e. The molecule has 0 bridgehead atoms. The highest BCUT2D eigenvalue weighted by Crippen LogP contribution is 2.61. The van der Waals surface area contributed by atoms with Crippen LogP contribution >= 0.6 is 0 Å². The van der Waals surface area contributed by atoms with Crippen LogP contribution in [0.3, 0.4) is 0 Å². The average Bonchev–Trinajstić information content (AvgIpc) is 2.68. The minimum atomic E-state index is -1.21. The minimum absolute atomic E-state index is 0.205. The van der Waals surface area contributed by atoms with E-state index in [0.29, 0.717) is 45.3 Å². The smallest absolute Gasteiger partial charge is 0.341 e. The Morgan fingerprint density at radius 3 is 2.53 bits per heavy atom. The second-order valence-electron chi connectivity index (χ2n) is 10.1. The van der Waals surface area contributed by atoms with E-state index in [1.165, 1.54) is 32.1 Å². The number of methoxy groups -OCH3 is 1. The van der Waals surface area contributed by atoms with Crippen LogP contribution in [0.25, 0.3) is 0 Å². The normalized spacial score (nSPS) is 31.4. The lowest BCUT2D eigenvalue weighted by Gasteiger charge is -2.59. The molecule has 1 aromatic carbocycles. The summed E-state index contributed by atoms with van der Waals surface area (Å²) in [6, 6.07) is 5.11. The van der Waals surface area contributed by atoms with E-state index >= 15 is 0 Å². The van der Waals surface area contributed by atoms with Crippen LogP contribution in [0.2, 0.25) is 0 Å². The third kappa shape index (κ3) is 4.68. The van der Waals surface area contributed by atoms with Gasteiger partial charge in [-0.25, -0.2) is 4.79 Å². The number of hydrogen-bond acceptors (Lipinski definition) is 4. The third-order valence-corrected chi connectivity index (χ3v) is 9.19. The molecule has 2 aliphatic carbocycles. The number of carboxylic acid groups (broad SMARTS) is 1. The van der Waals surface area contributed by atoms with Crippen LogP contribution in [-0.4, -0.2) is 34.8 Å². The van der Waals surface area contributed by atoms with E-state index in [0.717, 1.165) is 0 Å². The Kier molecular flexibility index (Phi) is 6.85. The molecule has 6 heteroatoms. The van der Waals surface area contributed by atoms with Crippen LogP contribution in [0.4, 0.5) is 0 Å². The molecule has 2 saturated carbocycles. The molecule has 0 amide bonds. The molecule has 0 spiro atoms. The molecule has 1 aromatic rings. The lowest BCUT2D eigenvalue weighted by Crippen LogP contribution is -2.52. The Hall–Kier alpha value is -1.56. The summed E-state index contributed by atoms with van der Waals surface area (Å²) < 4.78 is 24.1. The van der Waals surface area contributed by atoms with Crippen molar-refractivity contribution in [3.05, 3.63) is 18.2 Å². The third-order valence-electron chi connectivity index (χ3n) is 7.77. The van der Waals surface area contributed by atoms with Crippen molar-refractivity contribution in [1.29, 1.82) is 0 Å². The number of benzene rings is 1. The van der Waals surface area contributed by atoms with Gasteiger partial charge in [-0.2, -0.15) is 0 Å². The molecule has 0 radical (unpaired) electrons. The van der Waals surface area contributed by atoms with E-state index in [1.807, 2.05) is 0 Å². The fraction of sp³-hybridized carbons (Fsp3) is 0.708. The van der Waals surface area contributed by atoms with Crippen molar-refractivity contribution in [2.45, 2.75) is 64.7 Å². The number of hydrogen-bond donors (Lipinski definition) is 1. The van der Waals surface area contributed by atoms with E-state index in [-0.39, 0.29) is 5.41 Å². The van der Waals surface area contributed by atoms with Gasteiger partial charge in [0.1, 0.15) is 11.5 Å². The number of carbonyl (C=O) groups is 1. The summed E-state index contributed by atoms with van der Waals surface area (Å²) in [5.41, 5.74) is 0.539. The van der Waals surface area contributed by atoms with E-state index in [9.17, 15) is 9.00 Å². The van der Waals surface area contributed by atoms with E-state index in [1.54, 1.807) is 25.3 Å². The Labute approximate surface area is 183 Å². The summed E-state index contributed by atoms with van der Waals surface area (Å²) in [4.78, 5) is 11.5. The summed E-state index contributed by atoms with van der Waals surface area (Å²) in [5, 5.41) is 8.89. The zero-order chi connectivity index (χ0) is 22.1. The quantitative estimate of drug-likeness (QED) is 0.640. The fourth-order valence-electron chi connectivity index (χ4n) is 6.25. The van der Waals surface area contributed by atoms with Crippen LogP contribution < -0.4 is 9.47 Å². The van der Waals surface area contributed by atoms with Crippen molar-refractivity contribution in [3.63, 3.8) is 0 Å². The van der Waals surface area contributed by atoms with Gasteiger partial charge in [0.15, 0.2) is 6.61 Å². The Bertz CT molecular complexity index is 805. The monoisotopic (exact) mass is 436 g/mol. The van der Waals surface area contributed by atoms with E-state index in [4.69, 9.17) is 14.6 Å². The molecule has 0 heterocycles. The SMILES string of the molecule is COc1cc(OCC(=O)O)cc(S(=O)CC2C(C)CCC3C(C)(C)CCCC23C)c1. The number of fused-ring (bicyclic) bond motifs is 1. The molecule has 1 N–H and O–H groups in total. The highest BCUT2D eigenvalue weighted by atomic mass is 32.2. The molecule has 168 valence electrons. The number of ether oxygens (including phenoxy) is 2. The molecule has 5 nitrogen and oxygen atoms in total. The van der Waals surface area contributed by atoms with Gasteiger partial charge in [-0.05, 0) is 60.0 Å². The summed E-state index contributed by atoms with van der Waals surface area (Å²) in [6.45, 7) is 9.13. The second-order valence-corrected chi connectivity index (χ2v) is 11.6. The first kappa shape index (κ1) is 23.1. The largest absolute Gasteiger partial charge is 0.497 e. The van der Waals surface area contributed by atoms with Gasteiger partial charge in [0.25, 0.3) is 0 Å². The molecule has 0 aromatic heterocycles. The molecule has 2 aliphatic rings. The molecule has 5 atom stereocenters. The van der Waals surface area contributed by atoms with Crippen molar-refractivity contribution in [3.8, 4) is 11.5 Å². The van der Waals surface area contributed by atoms with Crippen molar-refractivity contribution >= 4 is 16.8 Å². The first-order valence-corrected chi connectivity index (χ1v) is 12.3. The fourth-order valence-corrected chi connectivity index (χ4v) is 7.97. The average molecular weight is 437 g/mol. The van der Waals surface area contributed by atoms with Crippen LogP contribution in [0.1, 0.15) is 59.8 Å². The standard InChI is InChI=1S/C24H36O5S/c1-16-7-8-21-23(2,3)9-6-10-24(21,4)20(16)15-30(27)19-12-17(28-5)11-18(13-19)29-14-22(25)26/h11-13,16,20-21H,6-10,14-15H2,1-5H3,(H,25,26). The molecule has 0 aliphatic heterocycles. The Morgan fingerprint density at radius 1 is 1.17 bits per heavy atom. The van der Waals surface area contributed by atoms with Gasteiger partial charge in [-0.15, -0.1) is 0 Å². The van der Waals surface area contributed by atoms with Crippen LogP contribution in [0, 0.1) is 28.6 Å². The molecule has 0 saturated heterocycles. The lowest BCUT2D eigenvalue weighted by molar-refractivity contribution is -0.139. The Balaban J connectivity index is 1.85. The molecule has 3 rings (SSSR count). The highest BCUT2D eigenvalue weighted by molar-refractivity contribution is 7.85.